The molecule has 3 N–H and O–H groups in total. The zero-order valence-corrected chi connectivity index (χ0v) is 36.2. The second-order valence-electron chi connectivity index (χ2n) is 18.3. The molecule has 17 heteroatoms. The second kappa shape index (κ2) is 18.4. The van der Waals surface area contributed by atoms with Crippen molar-refractivity contribution in [3.8, 4) is 0 Å². The van der Waals surface area contributed by atoms with Crippen LogP contribution < -0.4 is 15.4 Å². The molecular formula is C43H63N7O9S. The largest absolute Gasteiger partial charge is 0.444 e. The average molecular weight is 854 g/mol. The molecule has 60 heavy (non-hydrogen) atoms. The molecule has 1 unspecified atom stereocenters. The maximum absolute atomic E-state index is 14.6. The Morgan fingerprint density at radius 1 is 0.933 bits per heavy atom. The number of benzene rings is 1. The Labute approximate surface area is 354 Å². The number of hydrogen-bond acceptors (Lipinski definition) is 10. The minimum Gasteiger partial charge on any atom is -0.444 e. The van der Waals surface area contributed by atoms with Crippen LogP contribution in [0.25, 0.3) is 0 Å². The summed E-state index contributed by atoms with van der Waals surface area (Å²) in [6, 6.07) is 5.69. The van der Waals surface area contributed by atoms with Crippen LogP contribution in [0.2, 0.25) is 0 Å². The van der Waals surface area contributed by atoms with E-state index in [0.717, 1.165) is 44.3 Å². The molecule has 3 saturated heterocycles. The quantitative estimate of drug-likeness (QED) is 0.340. The lowest BCUT2D eigenvalue weighted by Gasteiger charge is -2.40. The van der Waals surface area contributed by atoms with Crippen molar-refractivity contribution in [1.82, 2.24) is 34.4 Å². The summed E-state index contributed by atoms with van der Waals surface area (Å²) in [5, 5.41) is 5.63. The molecule has 5 amide bonds. The van der Waals surface area contributed by atoms with Crippen molar-refractivity contribution in [1.29, 1.82) is 0 Å². The van der Waals surface area contributed by atoms with Gasteiger partial charge in [0.1, 0.15) is 29.3 Å². The zero-order chi connectivity index (χ0) is 42.7. The van der Waals surface area contributed by atoms with E-state index in [1.165, 1.54) is 21.2 Å². The van der Waals surface area contributed by atoms with Crippen molar-refractivity contribution < 1.29 is 41.9 Å². The molecular weight excluding hydrogens is 791 g/mol. The topological polar surface area (TPSA) is 187 Å². The number of allylic oxidation sites excluding steroid dienone is 1. The van der Waals surface area contributed by atoms with Crippen LogP contribution in [0.3, 0.4) is 0 Å². The highest BCUT2D eigenvalue weighted by molar-refractivity contribution is 7.87. The lowest BCUT2D eigenvalue weighted by molar-refractivity contribution is -0.141. The van der Waals surface area contributed by atoms with Crippen LogP contribution in [0.1, 0.15) is 115 Å². The summed E-state index contributed by atoms with van der Waals surface area (Å²) in [5.41, 5.74) is -0.117. The van der Waals surface area contributed by atoms with Crippen LogP contribution in [0.5, 0.6) is 0 Å². The summed E-state index contributed by atoms with van der Waals surface area (Å²) in [6.45, 7) is 8.67. The van der Waals surface area contributed by atoms with Crippen LogP contribution in [0.4, 0.5) is 9.59 Å². The number of piperidine rings is 1. The highest BCUT2D eigenvalue weighted by Crippen LogP contribution is 2.46. The first-order valence-corrected chi connectivity index (χ1v) is 23.5. The van der Waals surface area contributed by atoms with Gasteiger partial charge in [0.25, 0.3) is 5.91 Å². The Hall–Kier alpha value is -4.22. The number of rotatable bonds is 7. The van der Waals surface area contributed by atoms with E-state index in [-0.39, 0.29) is 31.8 Å². The van der Waals surface area contributed by atoms with E-state index in [2.05, 4.69) is 32.4 Å². The number of ether oxygens (including phenoxy) is 2. The Bertz CT molecular complexity index is 1910. The molecule has 16 nitrogen and oxygen atoms in total. The molecule has 4 fully saturated rings. The van der Waals surface area contributed by atoms with E-state index in [0.29, 0.717) is 58.3 Å². The number of fused-ring (bicyclic) bond motifs is 3. The van der Waals surface area contributed by atoms with E-state index < -0.39 is 75.4 Å². The third-order valence-electron chi connectivity index (χ3n) is 12.8. The number of amides is 5. The number of carbonyl (C=O) groups excluding carboxylic acids is 5. The van der Waals surface area contributed by atoms with Crippen molar-refractivity contribution in [3.05, 3.63) is 47.5 Å². The fourth-order valence-electron chi connectivity index (χ4n) is 9.48. The van der Waals surface area contributed by atoms with E-state index in [1.807, 2.05) is 24.3 Å². The van der Waals surface area contributed by atoms with Gasteiger partial charge < -0.3 is 29.9 Å². The van der Waals surface area contributed by atoms with Gasteiger partial charge in [-0.15, -0.1) is 0 Å². The van der Waals surface area contributed by atoms with Gasteiger partial charge in [-0.3, -0.25) is 19.3 Å². The first kappa shape index (κ1) is 43.9. The van der Waals surface area contributed by atoms with Gasteiger partial charge >= 0.3 is 22.4 Å². The second-order valence-corrected chi connectivity index (χ2v) is 20.0. The monoisotopic (exact) mass is 853 g/mol. The number of nitrogens with one attached hydrogen (secondary N) is 3. The Balaban J connectivity index is 1.15. The van der Waals surface area contributed by atoms with Crippen LogP contribution >= 0.6 is 0 Å². The highest BCUT2D eigenvalue weighted by Gasteiger charge is 2.62. The molecule has 5 heterocycles. The van der Waals surface area contributed by atoms with E-state index >= 15 is 0 Å². The Kier molecular flexibility index (Phi) is 13.5. The van der Waals surface area contributed by atoms with Crippen LogP contribution in [0, 0.1) is 5.92 Å². The Morgan fingerprint density at radius 3 is 2.40 bits per heavy atom. The first-order chi connectivity index (χ1) is 28.6. The summed E-state index contributed by atoms with van der Waals surface area (Å²) >= 11 is 0. The average Bonchev–Trinajstić information content (AvgIpc) is 3.50. The molecule has 6 atom stereocenters. The lowest BCUT2D eigenvalue weighted by atomic mass is 9.92. The predicted molar refractivity (Wildman–Crippen MR) is 223 cm³/mol. The molecule has 1 saturated carbocycles. The normalized spacial score (nSPS) is 30.1. The first-order valence-electron chi connectivity index (χ1n) is 22.0. The molecule has 7 rings (SSSR count). The number of nitrogens with zero attached hydrogens (tertiary/aromatic N) is 4. The highest BCUT2D eigenvalue weighted by atomic mass is 32.2. The van der Waals surface area contributed by atoms with Gasteiger partial charge in [-0.2, -0.15) is 12.7 Å². The lowest BCUT2D eigenvalue weighted by Crippen LogP contribution is -2.59. The van der Waals surface area contributed by atoms with Gasteiger partial charge in [-0.05, 0) is 103 Å². The smallest absolute Gasteiger partial charge is 0.410 e. The SMILES string of the molecule is CC(C)(C)OC(=O)N[C@H]1CCCCC/C=C\[C@@H]2C[C@@]2(C(=O)NS(=O)(=O)N2CCCC2)NC(=O)[C@@H]2C[C@@H](OC(=O)N3CCc4ccccc4C3CN3CCCCC3)CN2C1=O. The van der Waals surface area contributed by atoms with Crippen molar-refractivity contribution in [2.45, 2.75) is 140 Å². The minimum atomic E-state index is -4.15. The third kappa shape index (κ3) is 10.3. The molecule has 1 aliphatic carbocycles. The molecule has 6 aliphatic rings. The summed E-state index contributed by atoms with van der Waals surface area (Å²) in [5.74, 6) is -2.52. The summed E-state index contributed by atoms with van der Waals surface area (Å²) in [4.78, 5) is 76.1. The molecule has 330 valence electrons. The molecule has 1 aromatic carbocycles. The van der Waals surface area contributed by atoms with E-state index in [9.17, 15) is 32.4 Å². The van der Waals surface area contributed by atoms with Gasteiger partial charge in [0.2, 0.25) is 11.8 Å². The minimum absolute atomic E-state index is 0.0615. The summed E-state index contributed by atoms with van der Waals surface area (Å²) in [7, 11) is -4.15. The van der Waals surface area contributed by atoms with Crippen molar-refractivity contribution in [3.63, 3.8) is 0 Å². The maximum atomic E-state index is 14.6. The van der Waals surface area contributed by atoms with Gasteiger partial charge in [-0.25, -0.2) is 14.3 Å². The summed E-state index contributed by atoms with van der Waals surface area (Å²) < 4.78 is 41.7. The molecule has 0 bridgehead atoms. The summed E-state index contributed by atoms with van der Waals surface area (Å²) in [6.07, 6.45) is 10.2. The molecule has 0 aromatic heterocycles. The van der Waals surface area contributed by atoms with Crippen molar-refractivity contribution in [2.24, 2.45) is 5.92 Å². The van der Waals surface area contributed by atoms with Gasteiger partial charge in [0, 0.05) is 38.5 Å². The molecule has 0 spiro atoms. The maximum Gasteiger partial charge on any atom is 0.410 e. The van der Waals surface area contributed by atoms with Gasteiger partial charge in [-0.1, -0.05) is 55.7 Å². The molecule has 5 aliphatic heterocycles. The van der Waals surface area contributed by atoms with E-state index in [1.54, 1.807) is 25.7 Å². The number of carbonyl (C=O) groups is 5. The predicted octanol–water partition coefficient (Wildman–Crippen LogP) is 3.92. The van der Waals surface area contributed by atoms with E-state index in [4.69, 9.17) is 9.47 Å². The number of hydrogen-bond donors (Lipinski definition) is 3. The van der Waals surface area contributed by atoms with Crippen LogP contribution in [0.15, 0.2) is 36.4 Å². The van der Waals surface area contributed by atoms with Gasteiger partial charge in [0.15, 0.2) is 0 Å². The molecule has 0 radical (unpaired) electrons. The van der Waals surface area contributed by atoms with Crippen molar-refractivity contribution in [2.75, 3.05) is 45.8 Å². The molecule has 1 aromatic rings. The Morgan fingerprint density at radius 2 is 1.65 bits per heavy atom. The fourth-order valence-corrected chi connectivity index (χ4v) is 10.8. The third-order valence-corrected chi connectivity index (χ3v) is 14.2. The number of likely N-dealkylation sites (tertiary alicyclic amines) is 1. The number of alkyl carbamates (subject to hydrolysis) is 1. The van der Waals surface area contributed by atoms with Crippen LogP contribution in [-0.4, -0.2) is 132 Å². The van der Waals surface area contributed by atoms with Crippen molar-refractivity contribution >= 4 is 40.1 Å². The zero-order valence-electron chi connectivity index (χ0n) is 35.4. The van der Waals surface area contributed by atoms with Crippen LogP contribution in [-0.2, 0) is 40.5 Å². The van der Waals surface area contributed by atoms with Gasteiger partial charge in [0.05, 0.1) is 12.6 Å². The standard InChI is InChI=1S/C43H63N7O9S/c1-42(2,3)59-40(54)44-34-19-9-6-4-5-8-17-31-27-43(31,39(53)46-60(56,57)48-23-14-15-24-48)45-37(51)35-26-32(28-50(35)38(34)52)58-41(55)49-25-20-30-16-10-11-18-33(30)36(49)29-47-21-12-7-13-22-47/h8,10-11,16-18,31-32,34-36H,4-7,9,12-15,19-29H2,1-3H3,(H,44,54)(H,45,51)(H,46,53)/b17-8-/t31-,32-,34+,35+,36?,43-/m1/s1. The fraction of sp³-hybridized carbons (Fsp3) is 0.698.